The molecule has 7 nitrogen and oxygen atoms in total. The monoisotopic (exact) mass is 568 g/mol. The third-order valence-corrected chi connectivity index (χ3v) is 9.81. The Morgan fingerprint density at radius 3 is 2.32 bits per heavy atom. The van der Waals surface area contributed by atoms with E-state index in [-0.39, 0.29) is 36.0 Å². The number of pyridine rings is 1. The number of carbonyl (C=O) groups is 1. The van der Waals surface area contributed by atoms with E-state index in [0.717, 1.165) is 28.5 Å². The van der Waals surface area contributed by atoms with Crippen LogP contribution < -0.4 is 5.32 Å². The summed E-state index contributed by atoms with van der Waals surface area (Å²) in [5, 5.41) is 5.28. The Hall–Kier alpha value is -2.70. The number of halogens is 3. The molecule has 1 amide bonds. The number of amides is 1. The van der Waals surface area contributed by atoms with Crippen molar-refractivity contribution in [3.05, 3.63) is 53.0 Å². The summed E-state index contributed by atoms with van der Waals surface area (Å²) < 4.78 is 66.9. The van der Waals surface area contributed by atoms with Crippen molar-refractivity contribution in [2.24, 2.45) is 5.92 Å². The SMILES string of the molecule is CC(c1c(Nc2ccc([C@H](N(C)C(=O)C3CCS(=O)(=O)CC3)C(F)(F)F)cc2)cnc2ccsc12)N(C)C. The van der Waals surface area contributed by atoms with Gasteiger partial charge in [-0.05, 0) is 63.0 Å². The van der Waals surface area contributed by atoms with Gasteiger partial charge in [0.25, 0.3) is 0 Å². The molecule has 2 atom stereocenters. The first-order chi connectivity index (χ1) is 17.8. The molecule has 4 rings (SSSR count). The van der Waals surface area contributed by atoms with Gasteiger partial charge in [0, 0.05) is 30.3 Å². The van der Waals surface area contributed by atoms with E-state index in [0.29, 0.717) is 10.6 Å². The lowest BCUT2D eigenvalue weighted by atomic mass is 9.98. The largest absolute Gasteiger partial charge is 0.413 e. The molecule has 1 aliphatic heterocycles. The molecule has 0 spiro atoms. The minimum Gasteiger partial charge on any atom is -0.354 e. The number of hydrogen-bond donors (Lipinski definition) is 1. The minimum atomic E-state index is -4.71. The van der Waals surface area contributed by atoms with Crippen molar-refractivity contribution < 1.29 is 26.4 Å². The predicted molar refractivity (Wildman–Crippen MR) is 144 cm³/mol. The van der Waals surface area contributed by atoms with Gasteiger partial charge in [0.1, 0.15) is 9.84 Å². The predicted octanol–water partition coefficient (Wildman–Crippen LogP) is 5.55. The number of hydrogen-bond acceptors (Lipinski definition) is 7. The molecule has 0 saturated carbocycles. The number of fused-ring (bicyclic) bond motifs is 1. The molecule has 1 N–H and O–H groups in total. The molecular formula is C26H31F3N4O3S2. The van der Waals surface area contributed by atoms with Crippen molar-refractivity contribution in [1.29, 1.82) is 0 Å². The number of benzene rings is 1. The fraction of sp³-hybridized carbons (Fsp3) is 0.462. The van der Waals surface area contributed by atoms with E-state index in [2.05, 4.69) is 22.1 Å². The lowest BCUT2D eigenvalue weighted by molar-refractivity contribution is -0.190. The molecule has 3 heterocycles. The van der Waals surface area contributed by atoms with Gasteiger partial charge in [-0.2, -0.15) is 13.2 Å². The maximum absolute atomic E-state index is 14.2. The maximum Gasteiger partial charge on any atom is 0.413 e. The summed E-state index contributed by atoms with van der Waals surface area (Å²) in [6.45, 7) is 2.07. The first-order valence-electron chi connectivity index (χ1n) is 12.2. The van der Waals surface area contributed by atoms with E-state index in [4.69, 9.17) is 0 Å². The van der Waals surface area contributed by atoms with E-state index in [1.54, 1.807) is 29.7 Å². The molecule has 3 aromatic rings. The highest BCUT2D eigenvalue weighted by molar-refractivity contribution is 7.91. The van der Waals surface area contributed by atoms with Crippen LogP contribution in [0.25, 0.3) is 10.2 Å². The molecule has 0 radical (unpaired) electrons. The molecule has 2 aromatic heterocycles. The molecule has 1 aliphatic rings. The topological polar surface area (TPSA) is 82.6 Å². The summed E-state index contributed by atoms with van der Waals surface area (Å²) >= 11 is 1.59. The van der Waals surface area contributed by atoms with E-state index < -0.39 is 33.9 Å². The van der Waals surface area contributed by atoms with Crippen LogP contribution in [0.5, 0.6) is 0 Å². The van der Waals surface area contributed by atoms with E-state index in [9.17, 15) is 26.4 Å². The van der Waals surface area contributed by atoms with Crippen molar-refractivity contribution in [2.45, 2.75) is 38.0 Å². The molecule has 38 heavy (non-hydrogen) atoms. The number of carbonyl (C=O) groups excluding carboxylic acids is 1. The number of sulfone groups is 1. The first-order valence-corrected chi connectivity index (χ1v) is 14.9. The molecule has 0 aliphatic carbocycles. The molecule has 1 saturated heterocycles. The quantitative estimate of drug-likeness (QED) is 0.403. The van der Waals surface area contributed by atoms with Crippen molar-refractivity contribution in [3.63, 3.8) is 0 Å². The van der Waals surface area contributed by atoms with Gasteiger partial charge in [-0.15, -0.1) is 11.3 Å². The fourth-order valence-electron chi connectivity index (χ4n) is 4.79. The Labute approximate surface area is 224 Å². The van der Waals surface area contributed by atoms with Crippen molar-refractivity contribution in [1.82, 2.24) is 14.8 Å². The van der Waals surface area contributed by atoms with Gasteiger partial charge in [0.05, 0.1) is 33.6 Å². The van der Waals surface area contributed by atoms with Gasteiger partial charge in [-0.25, -0.2) is 8.42 Å². The summed E-state index contributed by atoms with van der Waals surface area (Å²) in [5.41, 5.74) is 3.21. The highest BCUT2D eigenvalue weighted by Crippen LogP contribution is 2.40. The van der Waals surface area contributed by atoms with Crippen LogP contribution in [0.15, 0.2) is 41.9 Å². The van der Waals surface area contributed by atoms with E-state index in [1.807, 2.05) is 25.5 Å². The van der Waals surface area contributed by atoms with Crippen LogP contribution in [-0.4, -0.2) is 67.9 Å². The molecule has 1 unspecified atom stereocenters. The number of alkyl halides is 3. The second-order valence-corrected chi connectivity index (χ2v) is 13.1. The van der Waals surface area contributed by atoms with Crippen LogP contribution in [0, 0.1) is 5.92 Å². The van der Waals surface area contributed by atoms with Crippen LogP contribution >= 0.6 is 11.3 Å². The minimum absolute atomic E-state index is 0.0370. The highest BCUT2D eigenvalue weighted by Gasteiger charge is 2.46. The number of aromatic nitrogens is 1. The molecule has 1 fully saturated rings. The van der Waals surface area contributed by atoms with Gasteiger partial charge in [-0.3, -0.25) is 9.78 Å². The molecule has 206 valence electrons. The van der Waals surface area contributed by atoms with E-state index in [1.165, 1.54) is 12.1 Å². The zero-order valence-electron chi connectivity index (χ0n) is 21.6. The zero-order valence-corrected chi connectivity index (χ0v) is 23.3. The van der Waals surface area contributed by atoms with E-state index >= 15 is 0 Å². The summed E-state index contributed by atoms with van der Waals surface area (Å²) in [7, 11) is 1.85. The summed E-state index contributed by atoms with van der Waals surface area (Å²) in [6, 6.07) is 5.71. The van der Waals surface area contributed by atoms with Crippen molar-refractivity contribution in [3.8, 4) is 0 Å². The Balaban J connectivity index is 1.58. The second-order valence-electron chi connectivity index (χ2n) is 9.93. The van der Waals surface area contributed by atoms with Gasteiger partial charge < -0.3 is 15.1 Å². The van der Waals surface area contributed by atoms with Gasteiger partial charge in [0.15, 0.2) is 6.04 Å². The zero-order chi connectivity index (χ0) is 27.8. The standard InChI is InChI=1S/C26H31F3N4O3S2/c1-16(32(2)3)22-21(15-30-20-9-12-37-23(20)22)31-19-7-5-17(6-8-19)24(26(27,28)29)33(4)25(34)18-10-13-38(35,36)14-11-18/h5-9,12,15-16,18,24,31H,10-11,13-14H2,1-4H3/t16?,24-/m0/s1. The molecule has 12 heteroatoms. The maximum atomic E-state index is 14.2. The average Bonchev–Trinajstić information content (AvgIpc) is 3.32. The fourth-order valence-corrected chi connectivity index (χ4v) is 7.27. The number of nitrogens with one attached hydrogen (secondary N) is 1. The summed E-state index contributed by atoms with van der Waals surface area (Å²) in [5.74, 6) is -1.81. The Morgan fingerprint density at radius 1 is 1.11 bits per heavy atom. The third kappa shape index (κ3) is 5.97. The lowest BCUT2D eigenvalue weighted by Crippen LogP contribution is -2.44. The van der Waals surface area contributed by atoms with Crippen molar-refractivity contribution in [2.75, 3.05) is 38.0 Å². The van der Waals surface area contributed by atoms with Crippen LogP contribution in [-0.2, 0) is 14.6 Å². The molecule has 1 aromatic carbocycles. The lowest BCUT2D eigenvalue weighted by Gasteiger charge is -2.34. The Kier molecular flexibility index (Phi) is 8.06. The van der Waals surface area contributed by atoms with Gasteiger partial charge in [-0.1, -0.05) is 12.1 Å². The molecular weight excluding hydrogens is 537 g/mol. The summed E-state index contributed by atoms with van der Waals surface area (Å²) in [4.78, 5) is 20.2. The normalized spacial score (nSPS) is 17.9. The Morgan fingerprint density at radius 2 is 1.74 bits per heavy atom. The number of thiophene rings is 1. The smallest absolute Gasteiger partial charge is 0.354 e. The second kappa shape index (κ2) is 10.8. The highest BCUT2D eigenvalue weighted by atomic mass is 32.2. The Bertz CT molecular complexity index is 1390. The van der Waals surface area contributed by atoms with Gasteiger partial charge >= 0.3 is 6.18 Å². The van der Waals surface area contributed by atoms with Crippen LogP contribution in [0.2, 0.25) is 0 Å². The van der Waals surface area contributed by atoms with Gasteiger partial charge in [0.2, 0.25) is 5.91 Å². The number of anilines is 2. The number of rotatable bonds is 7. The summed E-state index contributed by atoms with van der Waals surface area (Å²) in [6.07, 6.45) is -2.90. The molecule has 0 bridgehead atoms. The van der Waals surface area contributed by atoms with Crippen LogP contribution in [0.1, 0.15) is 43.0 Å². The van der Waals surface area contributed by atoms with Crippen molar-refractivity contribution >= 4 is 48.7 Å². The average molecular weight is 569 g/mol. The van der Waals surface area contributed by atoms with Crippen LogP contribution in [0.3, 0.4) is 0 Å². The number of nitrogens with zero attached hydrogens (tertiary/aromatic N) is 3. The first kappa shape index (κ1) is 28.3. The third-order valence-electron chi connectivity index (χ3n) is 7.16. The van der Waals surface area contributed by atoms with Crippen LogP contribution in [0.4, 0.5) is 24.5 Å².